The van der Waals surface area contributed by atoms with Crippen molar-refractivity contribution in [1.82, 2.24) is 34.8 Å². The molecular formula is C32H32ClF4N9O3. The number of nitrogens with one attached hydrogen (secondary N) is 1. The Morgan fingerprint density at radius 3 is 2.43 bits per heavy atom. The second kappa shape index (κ2) is 12.5. The number of guanidine groups is 1. The number of hydrogen-bond acceptors (Lipinski definition) is 8. The number of nitrogens with zero attached hydrogens (tertiary/aromatic N) is 7. The Morgan fingerprint density at radius 2 is 1.84 bits per heavy atom. The average molecular weight is 702 g/mol. The molecule has 17 heteroatoms. The van der Waals surface area contributed by atoms with E-state index in [2.05, 4.69) is 20.3 Å². The summed E-state index contributed by atoms with van der Waals surface area (Å²) < 4.78 is 59.4. The van der Waals surface area contributed by atoms with Gasteiger partial charge >= 0.3 is 12.6 Å². The summed E-state index contributed by atoms with van der Waals surface area (Å²) in [5, 5.41) is 10.6. The highest BCUT2D eigenvalue weighted by molar-refractivity contribution is 6.33. The SMILES string of the molecule is CC(C)(C)C[C@]1(c2ccc(-c3cnn(C(F)F)c3)cc2)N=C(N)N([C@H](COC(=O)N2CC(F)(F)C2)c2ccc(Cl)c(-c3ncn[nH]3)c2)C1=O. The van der Waals surface area contributed by atoms with Gasteiger partial charge in [0, 0.05) is 17.3 Å². The smallest absolute Gasteiger partial charge is 0.410 e. The largest absolute Gasteiger partial charge is 0.447 e. The lowest BCUT2D eigenvalue weighted by molar-refractivity contribution is -0.135. The Hall–Kier alpha value is -4.99. The summed E-state index contributed by atoms with van der Waals surface area (Å²) in [4.78, 5) is 38.6. The highest BCUT2D eigenvalue weighted by atomic mass is 35.5. The molecular weight excluding hydrogens is 670 g/mol. The molecule has 4 heterocycles. The molecule has 1 saturated heterocycles. The van der Waals surface area contributed by atoms with E-state index in [0.29, 0.717) is 43.3 Å². The van der Waals surface area contributed by atoms with Crippen molar-refractivity contribution in [1.29, 1.82) is 0 Å². The molecule has 0 spiro atoms. The summed E-state index contributed by atoms with van der Waals surface area (Å²) in [5.74, 6) is -3.36. The molecule has 2 amide bonds. The highest BCUT2D eigenvalue weighted by Crippen LogP contribution is 2.45. The number of hydrogen-bond donors (Lipinski definition) is 2. The monoisotopic (exact) mass is 701 g/mol. The molecule has 0 aliphatic carbocycles. The topological polar surface area (TPSA) is 148 Å². The van der Waals surface area contributed by atoms with E-state index < -0.39 is 61.2 Å². The molecule has 0 unspecified atom stereocenters. The number of aromatic amines is 1. The van der Waals surface area contributed by atoms with Gasteiger partial charge in [0.25, 0.3) is 11.8 Å². The molecule has 0 bridgehead atoms. The summed E-state index contributed by atoms with van der Waals surface area (Å²) in [5.41, 5.74) is 6.96. The maximum Gasteiger partial charge on any atom is 0.410 e. The van der Waals surface area contributed by atoms with Gasteiger partial charge in [0.05, 0.1) is 30.4 Å². The fourth-order valence-electron chi connectivity index (χ4n) is 6.08. The van der Waals surface area contributed by atoms with E-state index in [4.69, 9.17) is 27.1 Å². The number of aliphatic imine (C=N–C) groups is 1. The number of alkyl halides is 4. The molecule has 3 N–H and O–H groups in total. The Bertz CT molecular complexity index is 1890. The molecule has 258 valence electrons. The van der Waals surface area contributed by atoms with Crippen LogP contribution in [0.5, 0.6) is 0 Å². The molecule has 2 atom stereocenters. The number of nitrogens with two attached hydrogens (primary N) is 1. The predicted molar refractivity (Wildman–Crippen MR) is 171 cm³/mol. The third-order valence-corrected chi connectivity index (χ3v) is 8.56. The van der Waals surface area contributed by atoms with Crippen LogP contribution >= 0.6 is 11.6 Å². The van der Waals surface area contributed by atoms with Crippen molar-refractivity contribution in [3.8, 4) is 22.5 Å². The molecule has 0 radical (unpaired) electrons. The van der Waals surface area contributed by atoms with Gasteiger partial charge in [-0.05, 0) is 40.7 Å². The van der Waals surface area contributed by atoms with Crippen molar-refractivity contribution in [3.63, 3.8) is 0 Å². The summed E-state index contributed by atoms with van der Waals surface area (Å²) in [6, 6.07) is 10.5. The zero-order chi connectivity index (χ0) is 35.3. The Balaban J connectivity index is 1.38. The maximum atomic E-state index is 14.8. The molecule has 4 aromatic rings. The van der Waals surface area contributed by atoms with Crippen molar-refractivity contribution < 1.29 is 31.9 Å². The van der Waals surface area contributed by atoms with Crippen LogP contribution in [0.2, 0.25) is 5.02 Å². The van der Waals surface area contributed by atoms with Crippen LogP contribution < -0.4 is 5.73 Å². The molecule has 2 aliphatic rings. The quantitative estimate of drug-likeness (QED) is 0.204. The summed E-state index contributed by atoms with van der Waals surface area (Å²) in [6.45, 7) is 0.991. The fraction of sp³-hybridized carbons (Fsp3) is 0.375. The van der Waals surface area contributed by atoms with Crippen LogP contribution in [0.3, 0.4) is 0 Å². The number of carbonyl (C=O) groups excluding carboxylic acids is 2. The van der Waals surface area contributed by atoms with Crippen LogP contribution in [0.4, 0.5) is 22.4 Å². The number of halogens is 5. The number of carbonyl (C=O) groups is 2. The van der Waals surface area contributed by atoms with E-state index in [1.165, 1.54) is 23.6 Å². The van der Waals surface area contributed by atoms with E-state index in [9.17, 15) is 27.2 Å². The third-order valence-electron chi connectivity index (χ3n) is 8.23. The van der Waals surface area contributed by atoms with Crippen molar-refractivity contribution >= 4 is 29.6 Å². The Kier molecular flexibility index (Phi) is 8.63. The van der Waals surface area contributed by atoms with Gasteiger partial charge in [0.15, 0.2) is 17.3 Å². The van der Waals surface area contributed by atoms with Gasteiger partial charge in [-0.3, -0.25) is 19.7 Å². The Morgan fingerprint density at radius 1 is 1.12 bits per heavy atom. The zero-order valence-electron chi connectivity index (χ0n) is 26.6. The van der Waals surface area contributed by atoms with E-state index >= 15 is 0 Å². The lowest BCUT2D eigenvalue weighted by atomic mass is 9.75. The second-order valence-electron chi connectivity index (χ2n) is 13.2. The van der Waals surface area contributed by atoms with Gasteiger partial charge in [-0.2, -0.15) is 19.0 Å². The first kappa shape index (κ1) is 33.9. The van der Waals surface area contributed by atoms with Crippen molar-refractivity contribution in [2.75, 3.05) is 19.7 Å². The fourth-order valence-corrected chi connectivity index (χ4v) is 6.28. The molecule has 49 heavy (non-hydrogen) atoms. The number of rotatable bonds is 9. The second-order valence-corrected chi connectivity index (χ2v) is 13.6. The molecule has 0 saturated carbocycles. The van der Waals surface area contributed by atoms with Gasteiger partial charge in [-0.1, -0.05) is 62.7 Å². The molecule has 2 aromatic carbocycles. The molecule has 12 nitrogen and oxygen atoms in total. The van der Waals surface area contributed by atoms with Crippen molar-refractivity contribution in [2.45, 2.75) is 51.2 Å². The number of aromatic nitrogens is 5. The average Bonchev–Trinajstić information content (AvgIpc) is 3.78. The number of ether oxygens (including phenoxy) is 1. The molecule has 2 aliphatic heterocycles. The number of benzene rings is 2. The number of H-pyrrole nitrogens is 1. The normalized spacial score (nSPS) is 19.6. The van der Waals surface area contributed by atoms with Crippen LogP contribution in [0.25, 0.3) is 22.5 Å². The van der Waals surface area contributed by atoms with Gasteiger partial charge in [-0.25, -0.2) is 28.2 Å². The van der Waals surface area contributed by atoms with Gasteiger partial charge in [-0.15, -0.1) is 0 Å². The predicted octanol–water partition coefficient (Wildman–Crippen LogP) is 6.00. The van der Waals surface area contributed by atoms with Gasteiger partial charge < -0.3 is 10.5 Å². The first-order valence-corrected chi connectivity index (χ1v) is 15.5. The lowest BCUT2D eigenvalue weighted by Crippen LogP contribution is -2.58. The summed E-state index contributed by atoms with van der Waals surface area (Å²) >= 11 is 6.48. The van der Waals surface area contributed by atoms with Crippen LogP contribution in [0.15, 0.2) is 66.2 Å². The standard InChI is InChI=1S/C32H32ClF4N9O3/c1-30(2,3)14-32(21-7-4-18(5-8-21)20-11-41-45(12-20)27(34)35)26(47)46(28(38)42-32)24(13-49-29(48)44-15-31(36,37)16-44)19-6-9-23(33)22(10-19)25-39-17-40-43-25/h4-12,17,24,27H,13-16H2,1-3H3,(H2,38,42)(H,39,40,43)/t24-,32-/m1/s1. The van der Waals surface area contributed by atoms with Crippen molar-refractivity contribution in [2.24, 2.45) is 16.1 Å². The number of likely N-dealkylation sites (tertiary alicyclic amines) is 1. The first-order chi connectivity index (χ1) is 23.1. The van der Waals surface area contributed by atoms with Crippen molar-refractivity contribution in [3.05, 3.63) is 77.3 Å². The molecule has 1 fully saturated rings. The van der Waals surface area contributed by atoms with Crippen LogP contribution in [0.1, 0.15) is 50.9 Å². The third kappa shape index (κ3) is 6.69. The molecule has 2 aromatic heterocycles. The van der Waals surface area contributed by atoms with Crippen LogP contribution in [0, 0.1) is 5.41 Å². The minimum absolute atomic E-state index is 0.163. The highest BCUT2D eigenvalue weighted by Gasteiger charge is 2.53. The summed E-state index contributed by atoms with van der Waals surface area (Å²) in [6.07, 6.45) is 3.06. The lowest BCUT2D eigenvalue weighted by Gasteiger charge is -2.38. The maximum absolute atomic E-state index is 14.8. The van der Waals surface area contributed by atoms with E-state index in [1.807, 2.05) is 20.8 Å². The minimum atomic E-state index is -3.01. The minimum Gasteiger partial charge on any atom is -0.447 e. The molecule has 6 rings (SSSR count). The summed E-state index contributed by atoms with van der Waals surface area (Å²) in [7, 11) is 0. The van der Waals surface area contributed by atoms with Gasteiger partial charge in [0.2, 0.25) is 0 Å². The number of amides is 2. The van der Waals surface area contributed by atoms with E-state index in [1.54, 1.807) is 42.5 Å². The van der Waals surface area contributed by atoms with Gasteiger partial charge in [0.1, 0.15) is 12.9 Å². The van der Waals surface area contributed by atoms with E-state index in [-0.39, 0.29) is 12.4 Å². The Labute approximate surface area is 282 Å². The first-order valence-electron chi connectivity index (χ1n) is 15.1. The zero-order valence-corrected chi connectivity index (χ0v) is 27.3. The van der Waals surface area contributed by atoms with E-state index in [0.717, 1.165) is 4.90 Å². The van der Waals surface area contributed by atoms with Crippen LogP contribution in [-0.4, -0.2) is 78.3 Å². The van der Waals surface area contributed by atoms with Crippen LogP contribution in [-0.2, 0) is 15.1 Å².